The second kappa shape index (κ2) is 7.11. The third-order valence-corrected chi connectivity index (χ3v) is 2.81. The van der Waals surface area contributed by atoms with Crippen molar-refractivity contribution < 1.29 is 9.53 Å². The van der Waals surface area contributed by atoms with Gasteiger partial charge < -0.3 is 4.74 Å². The fourth-order valence-corrected chi connectivity index (χ4v) is 1.72. The topological polar surface area (TPSA) is 44.1 Å². The molecule has 1 heterocycles. The molecule has 106 valence electrons. The van der Waals surface area contributed by atoms with Gasteiger partial charge in [-0.3, -0.25) is 9.48 Å². The minimum Gasteiger partial charge on any atom is -0.493 e. The molecule has 2 aromatic rings. The predicted molar refractivity (Wildman–Crippen MR) is 82.0 cm³/mol. The average Bonchev–Trinajstić information content (AvgIpc) is 2.93. The van der Waals surface area contributed by atoms with E-state index in [1.807, 2.05) is 24.3 Å². The molecule has 0 amide bonds. The number of aryl methyl sites for hydroxylation is 1. The van der Waals surface area contributed by atoms with Crippen molar-refractivity contribution in [3.63, 3.8) is 0 Å². The van der Waals surface area contributed by atoms with Gasteiger partial charge >= 0.3 is 0 Å². The summed E-state index contributed by atoms with van der Waals surface area (Å²) in [7, 11) is 1.78. The summed E-state index contributed by atoms with van der Waals surface area (Å²) >= 11 is 0. The first kappa shape index (κ1) is 14.6. The van der Waals surface area contributed by atoms with E-state index in [0.29, 0.717) is 18.6 Å². The predicted octanol–water partition coefficient (Wildman–Crippen LogP) is 2.72. The normalized spacial score (nSPS) is 10.5. The zero-order chi connectivity index (χ0) is 15.1. The standard InChI is InChI=1S/C17H16N2O2/c1-3-4-11-21-16-8-5-14(6-9-16)7-10-17(20)15-12-18-19(2)13-15/h1,5-10,12-13H,4,11H2,2H3/b10-7+. The monoisotopic (exact) mass is 280 g/mol. The van der Waals surface area contributed by atoms with Crippen molar-refractivity contribution in [1.29, 1.82) is 0 Å². The van der Waals surface area contributed by atoms with Crippen molar-refractivity contribution in [3.8, 4) is 18.1 Å². The van der Waals surface area contributed by atoms with Crippen LogP contribution in [0.4, 0.5) is 0 Å². The molecule has 0 radical (unpaired) electrons. The Morgan fingerprint density at radius 3 is 2.81 bits per heavy atom. The fraction of sp³-hybridized carbons (Fsp3) is 0.176. The molecule has 0 N–H and O–H groups in total. The maximum absolute atomic E-state index is 11.9. The van der Waals surface area contributed by atoms with Gasteiger partial charge in [-0.15, -0.1) is 12.3 Å². The Morgan fingerprint density at radius 1 is 1.43 bits per heavy atom. The second-order valence-corrected chi connectivity index (χ2v) is 4.47. The molecule has 0 saturated carbocycles. The second-order valence-electron chi connectivity index (χ2n) is 4.47. The van der Waals surface area contributed by atoms with Crippen LogP contribution in [0.2, 0.25) is 0 Å². The van der Waals surface area contributed by atoms with Gasteiger partial charge in [0.15, 0.2) is 5.78 Å². The van der Waals surface area contributed by atoms with Crippen LogP contribution in [0.25, 0.3) is 6.08 Å². The SMILES string of the molecule is C#CCCOc1ccc(/C=C/C(=O)c2cnn(C)c2)cc1. The summed E-state index contributed by atoms with van der Waals surface area (Å²) in [4.78, 5) is 11.9. The van der Waals surface area contributed by atoms with E-state index < -0.39 is 0 Å². The van der Waals surface area contributed by atoms with Crippen LogP contribution in [0.15, 0.2) is 42.7 Å². The van der Waals surface area contributed by atoms with E-state index in [0.717, 1.165) is 11.3 Å². The Kier molecular flexibility index (Phi) is 4.94. The van der Waals surface area contributed by atoms with E-state index in [-0.39, 0.29) is 5.78 Å². The number of rotatable bonds is 6. The van der Waals surface area contributed by atoms with Crippen LogP contribution in [0.1, 0.15) is 22.3 Å². The number of nitrogens with zero attached hydrogens (tertiary/aromatic N) is 2. The summed E-state index contributed by atoms with van der Waals surface area (Å²) < 4.78 is 7.06. The minimum atomic E-state index is -0.0718. The number of ketones is 1. The molecule has 0 spiro atoms. The number of carbonyl (C=O) groups excluding carboxylic acids is 1. The molecule has 0 aliphatic carbocycles. The van der Waals surface area contributed by atoms with Gasteiger partial charge in [0.05, 0.1) is 18.4 Å². The minimum absolute atomic E-state index is 0.0718. The van der Waals surface area contributed by atoms with Crippen molar-refractivity contribution in [1.82, 2.24) is 9.78 Å². The van der Waals surface area contributed by atoms with E-state index in [2.05, 4.69) is 11.0 Å². The number of benzene rings is 1. The van der Waals surface area contributed by atoms with Crippen LogP contribution >= 0.6 is 0 Å². The number of carbonyl (C=O) groups is 1. The highest BCUT2D eigenvalue weighted by Crippen LogP contribution is 2.13. The van der Waals surface area contributed by atoms with E-state index in [1.54, 1.807) is 30.2 Å². The van der Waals surface area contributed by atoms with Crippen molar-refractivity contribution in [2.45, 2.75) is 6.42 Å². The molecule has 0 bridgehead atoms. The molecule has 0 atom stereocenters. The van der Waals surface area contributed by atoms with Crippen molar-refractivity contribution in [2.75, 3.05) is 6.61 Å². The van der Waals surface area contributed by atoms with Gasteiger partial charge in [0.25, 0.3) is 0 Å². The first-order chi connectivity index (χ1) is 10.2. The van der Waals surface area contributed by atoms with Crippen LogP contribution in [0, 0.1) is 12.3 Å². The lowest BCUT2D eigenvalue weighted by Gasteiger charge is -2.03. The Bertz CT molecular complexity index is 676. The molecular formula is C17H16N2O2. The summed E-state index contributed by atoms with van der Waals surface area (Å²) in [5.74, 6) is 3.21. The van der Waals surface area contributed by atoms with Crippen LogP contribution in [0.5, 0.6) is 5.75 Å². The molecule has 1 aromatic carbocycles. The van der Waals surface area contributed by atoms with Crippen LogP contribution in [-0.4, -0.2) is 22.2 Å². The van der Waals surface area contributed by atoms with Gasteiger partial charge in [0.2, 0.25) is 0 Å². The largest absolute Gasteiger partial charge is 0.493 e. The molecule has 0 aliphatic rings. The number of hydrogen-bond donors (Lipinski definition) is 0. The number of aromatic nitrogens is 2. The first-order valence-electron chi connectivity index (χ1n) is 6.56. The molecule has 1 aromatic heterocycles. The van der Waals surface area contributed by atoms with E-state index in [9.17, 15) is 4.79 Å². The van der Waals surface area contributed by atoms with Crippen LogP contribution < -0.4 is 4.74 Å². The third-order valence-electron chi connectivity index (χ3n) is 2.81. The Labute approximate surface area is 124 Å². The van der Waals surface area contributed by atoms with Crippen molar-refractivity contribution in [3.05, 3.63) is 53.9 Å². The summed E-state index contributed by atoms with van der Waals surface area (Å²) in [5, 5.41) is 3.97. The first-order valence-corrected chi connectivity index (χ1v) is 6.56. The average molecular weight is 280 g/mol. The molecule has 4 heteroatoms. The third kappa shape index (κ3) is 4.36. The maximum atomic E-state index is 11.9. The maximum Gasteiger partial charge on any atom is 0.189 e. The molecule has 2 rings (SSSR count). The Balaban J connectivity index is 1.95. The molecule has 0 unspecified atom stereocenters. The van der Waals surface area contributed by atoms with Gasteiger partial charge in [0, 0.05) is 19.7 Å². The number of terminal acetylenes is 1. The fourth-order valence-electron chi connectivity index (χ4n) is 1.72. The Hall–Kier alpha value is -2.80. The lowest BCUT2D eigenvalue weighted by molar-refractivity contribution is 0.104. The summed E-state index contributed by atoms with van der Waals surface area (Å²) in [6.45, 7) is 0.505. The van der Waals surface area contributed by atoms with Crippen LogP contribution in [0.3, 0.4) is 0 Å². The highest BCUT2D eigenvalue weighted by atomic mass is 16.5. The van der Waals surface area contributed by atoms with E-state index >= 15 is 0 Å². The van der Waals surface area contributed by atoms with E-state index in [4.69, 9.17) is 11.2 Å². The lowest BCUT2D eigenvalue weighted by Crippen LogP contribution is -1.95. The lowest BCUT2D eigenvalue weighted by atomic mass is 10.1. The highest BCUT2D eigenvalue weighted by molar-refractivity contribution is 6.06. The molecule has 0 aliphatic heterocycles. The highest BCUT2D eigenvalue weighted by Gasteiger charge is 2.03. The summed E-state index contributed by atoms with van der Waals surface area (Å²) in [6.07, 6.45) is 12.3. The van der Waals surface area contributed by atoms with Crippen LogP contribution in [-0.2, 0) is 7.05 Å². The van der Waals surface area contributed by atoms with Crippen molar-refractivity contribution >= 4 is 11.9 Å². The quantitative estimate of drug-likeness (QED) is 0.354. The van der Waals surface area contributed by atoms with Gasteiger partial charge in [-0.2, -0.15) is 5.10 Å². The molecule has 21 heavy (non-hydrogen) atoms. The number of hydrogen-bond acceptors (Lipinski definition) is 3. The summed E-state index contributed by atoms with van der Waals surface area (Å²) in [6, 6.07) is 7.48. The van der Waals surface area contributed by atoms with Gasteiger partial charge in [0.1, 0.15) is 5.75 Å². The van der Waals surface area contributed by atoms with Gasteiger partial charge in [-0.25, -0.2) is 0 Å². The molecule has 0 saturated heterocycles. The smallest absolute Gasteiger partial charge is 0.189 e. The molecular weight excluding hydrogens is 264 g/mol. The number of allylic oxidation sites excluding steroid dienone is 1. The molecule has 0 fully saturated rings. The molecule has 4 nitrogen and oxygen atoms in total. The Morgan fingerprint density at radius 2 is 2.19 bits per heavy atom. The van der Waals surface area contributed by atoms with Crippen molar-refractivity contribution in [2.24, 2.45) is 7.05 Å². The summed E-state index contributed by atoms with van der Waals surface area (Å²) in [5.41, 5.74) is 1.50. The zero-order valence-electron chi connectivity index (χ0n) is 11.8. The van der Waals surface area contributed by atoms with Gasteiger partial charge in [-0.1, -0.05) is 18.2 Å². The van der Waals surface area contributed by atoms with Gasteiger partial charge in [-0.05, 0) is 23.8 Å². The van der Waals surface area contributed by atoms with E-state index in [1.165, 1.54) is 6.08 Å². The zero-order valence-corrected chi connectivity index (χ0v) is 11.8. The number of ether oxygens (including phenoxy) is 1.